The van der Waals surface area contributed by atoms with E-state index >= 15 is 0 Å². The molecule has 1 aliphatic heterocycles. The van der Waals surface area contributed by atoms with Crippen molar-refractivity contribution in [1.29, 1.82) is 0 Å². The summed E-state index contributed by atoms with van der Waals surface area (Å²) in [5, 5.41) is 13.5. The van der Waals surface area contributed by atoms with Crippen LogP contribution in [0.3, 0.4) is 0 Å². The van der Waals surface area contributed by atoms with E-state index in [1.54, 1.807) is 13.8 Å². The largest absolute Gasteiger partial charge is 0.454 e. The number of ether oxygens (including phenoxy) is 1. The van der Waals surface area contributed by atoms with Gasteiger partial charge < -0.3 is 10.1 Å². The van der Waals surface area contributed by atoms with Gasteiger partial charge in [-0.05, 0) is 43.9 Å². The molecule has 1 aliphatic carbocycles. The van der Waals surface area contributed by atoms with E-state index in [0.717, 1.165) is 10.5 Å². The fraction of sp³-hybridized carbons (Fsp3) is 0.400. The lowest BCUT2D eigenvalue weighted by Crippen LogP contribution is -2.37. The molecule has 1 N–H and O–H groups in total. The van der Waals surface area contributed by atoms with E-state index in [1.807, 2.05) is 12.2 Å². The maximum absolute atomic E-state index is 12.3. The van der Waals surface area contributed by atoms with Gasteiger partial charge in [-0.1, -0.05) is 12.2 Å². The second-order valence-corrected chi connectivity index (χ2v) is 7.34. The maximum Gasteiger partial charge on any atom is 0.326 e. The molecule has 1 fully saturated rings. The average molecular weight is 415 g/mol. The molecule has 158 valence electrons. The zero-order valence-electron chi connectivity index (χ0n) is 16.5. The number of allylic oxidation sites excluding steroid dienone is 2. The van der Waals surface area contributed by atoms with Crippen LogP contribution in [-0.4, -0.2) is 46.7 Å². The number of anilines is 1. The average Bonchev–Trinajstić information content (AvgIpc) is 2.94. The summed E-state index contributed by atoms with van der Waals surface area (Å²) >= 11 is 0. The molecule has 0 spiro atoms. The van der Waals surface area contributed by atoms with E-state index < -0.39 is 53.6 Å². The van der Waals surface area contributed by atoms with Gasteiger partial charge in [0, 0.05) is 6.07 Å². The van der Waals surface area contributed by atoms with Crippen LogP contribution in [0.4, 0.5) is 11.4 Å². The molecule has 0 radical (unpaired) electrons. The third-order valence-electron chi connectivity index (χ3n) is 5.33. The fourth-order valence-electron chi connectivity index (χ4n) is 3.58. The van der Waals surface area contributed by atoms with Crippen LogP contribution >= 0.6 is 0 Å². The lowest BCUT2D eigenvalue weighted by atomic mass is 9.85. The molecule has 1 saturated heterocycles. The van der Waals surface area contributed by atoms with Gasteiger partial charge in [-0.25, -0.2) is 0 Å². The van der Waals surface area contributed by atoms with E-state index in [4.69, 9.17) is 4.74 Å². The van der Waals surface area contributed by atoms with Crippen LogP contribution in [-0.2, 0) is 23.9 Å². The number of likely N-dealkylation sites (tertiary alicyclic amines) is 1. The third-order valence-corrected chi connectivity index (χ3v) is 5.33. The number of hydrogen-bond donors (Lipinski definition) is 1. The molecule has 3 amide bonds. The van der Waals surface area contributed by atoms with Gasteiger partial charge in [-0.15, -0.1) is 0 Å². The second kappa shape index (κ2) is 8.44. The summed E-state index contributed by atoms with van der Waals surface area (Å²) < 4.78 is 4.86. The van der Waals surface area contributed by atoms with Crippen LogP contribution < -0.4 is 5.32 Å². The highest BCUT2D eigenvalue weighted by Crippen LogP contribution is 2.34. The molecule has 0 saturated carbocycles. The van der Waals surface area contributed by atoms with Crippen molar-refractivity contribution in [3.05, 3.63) is 45.5 Å². The van der Waals surface area contributed by atoms with Crippen molar-refractivity contribution < 1.29 is 28.8 Å². The standard InChI is InChI=1S/C20H21N3O7/c1-11-7-15(16(23(28)29)8-12(11)2)21-17(24)10-30-18(25)9-22-19(26)13-5-3-4-6-14(13)20(22)27/h3-4,7-8,13-14H,5-6,9-10H2,1-2H3,(H,21,24)/t13-,14-/m0/s1. The first kappa shape index (κ1) is 21.2. The maximum atomic E-state index is 12.3. The van der Waals surface area contributed by atoms with Crippen molar-refractivity contribution in [2.24, 2.45) is 11.8 Å². The highest BCUT2D eigenvalue weighted by Gasteiger charge is 2.47. The van der Waals surface area contributed by atoms with Crippen LogP contribution in [0, 0.1) is 35.8 Å². The molecule has 1 aromatic carbocycles. The molecule has 2 aliphatic rings. The first-order chi connectivity index (χ1) is 14.2. The number of hydrogen-bond acceptors (Lipinski definition) is 7. The van der Waals surface area contributed by atoms with Crippen LogP contribution in [0.1, 0.15) is 24.0 Å². The summed E-state index contributed by atoms with van der Waals surface area (Å²) in [7, 11) is 0. The van der Waals surface area contributed by atoms with Gasteiger partial charge in [0.25, 0.3) is 11.6 Å². The number of nitrogens with zero attached hydrogens (tertiary/aromatic N) is 2. The van der Waals surface area contributed by atoms with Gasteiger partial charge in [0.2, 0.25) is 11.8 Å². The lowest BCUT2D eigenvalue weighted by molar-refractivity contribution is -0.384. The number of fused-ring (bicyclic) bond motifs is 1. The first-order valence-electron chi connectivity index (χ1n) is 9.40. The molecule has 0 unspecified atom stereocenters. The lowest BCUT2D eigenvalue weighted by Gasteiger charge is -2.14. The Bertz CT molecular complexity index is 943. The Morgan fingerprint density at radius 1 is 1.13 bits per heavy atom. The van der Waals surface area contributed by atoms with Gasteiger partial charge in [-0.2, -0.15) is 0 Å². The number of imide groups is 1. The third kappa shape index (κ3) is 4.22. The smallest absolute Gasteiger partial charge is 0.326 e. The van der Waals surface area contributed by atoms with Crippen molar-refractivity contribution in [2.45, 2.75) is 26.7 Å². The molecule has 0 aromatic heterocycles. The van der Waals surface area contributed by atoms with Gasteiger partial charge in [0.05, 0.1) is 16.8 Å². The molecule has 2 atom stereocenters. The molecule has 3 rings (SSSR count). The van der Waals surface area contributed by atoms with Gasteiger partial charge >= 0.3 is 5.97 Å². The number of nitro groups is 1. The van der Waals surface area contributed by atoms with E-state index in [1.165, 1.54) is 12.1 Å². The highest BCUT2D eigenvalue weighted by molar-refractivity contribution is 6.07. The van der Waals surface area contributed by atoms with Crippen LogP contribution in [0.2, 0.25) is 0 Å². The van der Waals surface area contributed by atoms with Crippen molar-refractivity contribution in [2.75, 3.05) is 18.5 Å². The Morgan fingerprint density at radius 2 is 1.70 bits per heavy atom. The summed E-state index contributed by atoms with van der Waals surface area (Å²) in [6, 6.07) is 2.81. The quantitative estimate of drug-likeness (QED) is 0.245. The van der Waals surface area contributed by atoms with Gasteiger partial charge in [0.1, 0.15) is 12.2 Å². The van der Waals surface area contributed by atoms with Crippen LogP contribution in [0.5, 0.6) is 0 Å². The Hall–Kier alpha value is -3.56. The topological polar surface area (TPSA) is 136 Å². The zero-order chi connectivity index (χ0) is 22.0. The summed E-state index contributed by atoms with van der Waals surface area (Å²) in [6.45, 7) is 2.18. The molecular weight excluding hydrogens is 394 g/mol. The number of nitrogens with one attached hydrogen (secondary N) is 1. The van der Waals surface area contributed by atoms with Crippen molar-refractivity contribution in [1.82, 2.24) is 4.90 Å². The Labute approximate surface area is 172 Å². The minimum Gasteiger partial charge on any atom is -0.454 e. The van der Waals surface area contributed by atoms with Crippen molar-refractivity contribution >= 4 is 35.1 Å². The summed E-state index contributed by atoms with van der Waals surface area (Å²) in [5.41, 5.74) is 1.16. The van der Waals surface area contributed by atoms with Crippen LogP contribution in [0.25, 0.3) is 0 Å². The molecule has 30 heavy (non-hydrogen) atoms. The number of esters is 1. The SMILES string of the molecule is Cc1cc(NC(=O)COC(=O)CN2C(=O)[C@H]3CC=CC[C@@H]3C2=O)c([N+](=O)[O-])cc1C. The predicted octanol–water partition coefficient (Wildman–Crippen LogP) is 1.64. The second-order valence-electron chi connectivity index (χ2n) is 7.34. The van der Waals surface area contributed by atoms with Gasteiger partial charge in [-0.3, -0.25) is 34.2 Å². The van der Waals surface area contributed by atoms with E-state index in [9.17, 15) is 29.3 Å². The highest BCUT2D eigenvalue weighted by atomic mass is 16.6. The number of amides is 3. The van der Waals surface area contributed by atoms with E-state index in [2.05, 4.69) is 5.32 Å². The summed E-state index contributed by atoms with van der Waals surface area (Å²) in [5.74, 6) is -3.42. The molecular formula is C20H21N3O7. The Morgan fingerprint density at radius 3 is 2.27 bits per heavy atom. The normalized spacial score (nSPS) is 20.1. The van der Waals surface area contributed by atoms with Crippen molar-refractivity contribution in [3.63, 3.8) is 0 Å². The number of carbonyl (C=O) groups excluding carboxylic acids is 4. The van der Waals surface area contributed by atoms with E-state index in [-0.39, 0.29) is 11.4 Å². The van der Waals surface area contributed by atoms with Crippen molar-refractivity contribution in [3.8, 4) is 0 Å². The summed E-state index contributed by atoms with van der Waals surface area (Å²) in [4.78, 5) is 60.3. The molecule has 1 aromatic rings. The zero-order valence-corrected chi connectivity index (χ0v) is 16.5. The number of carbonyl (C=O) groups is 4. The Balaban J connectivity index is 1.56. The molecule has 10 heteroatoms. The number of rotatable bonds is 6. The first-order valence-corrected chi connectivity index (χ1v) is 9.40. The van der Waals surface area contributed by atoms with E-state index in [0.29, 0.717) is 18.4 Å². The molecule has 10 nitrogen and oxygen atoms in total. The minimum atomic E-state index is -0.909. The fourth-order valence-corrected chi connectivity index (χ4v) is 3.58. The van der Waals surface area contributed by atoms with Crippen LogP contribution in [0.15, 0.2) is 24.3 Å². The Kier molecular flexibility index (Phi) is 5.95. The predicted molar refractivity (Wildman–Crippen MR) is 104 cm³/mol. The number of aryl methyl sites for hydroxylation is 2. The molecule has 1 heterocycles. The number of nitro benzene ring substituents is 1. The monoisotopic (exact) mass is 415 g/mol. The summed E-state index contributed by atoms with van der Waals surface area (Å²) in [6.07, 6.45) is 4.59. The molecule has 0 bridgehead atoms. The minimum absolute atomic E-state index is 0.00868. The van der Waals surface area contributed by atoms with Gasteiger partial charge in [0.15, 0.2) is 6.61 Å². The number of benzene rings is 1.